The number of rotatable bonds is 3. The zero-order chi connectivity index (χ0) is 9.78. The van der Waals surface area contributed by atoms with Crippen molar-refractivity contribution in [2.24, 2.45) is 5.73 Å². The summed E-state index contributed by atoms with van der Waals surface area (Å²) in [7, 11) is 1.30. The second kappa shape index (κ2) is 4.25. The van der Waals surface area contributed by atoms with Crippen LogP contribution >= 0.6 is 12.2 Å². The Morgan fingerprint density at radius 3 is 2.50 bits per heavy atom. The van der Waals surface area contributed by atoms with Crippen LogP contribution in [0.25, 0.3) is 0 Å². The van der Waals surface area contributed by atoms with Crippen molar-refractivity contribution in [3.63, 3.8) is 0 Å². The van der Waals surface area contributed by atoms with E-state index >= 15 is 0 Å². The van der Waals surface area contributed by atoms with E-state index in [1.54, 1.807) is 6.92 Å². The van der Waals surface area contributed by atoms with Gasteiger partial charge in [-0.2, -0.15) is 0 Å². The lowest BCUT2D eigenvalue weighted by Crippen LogP contribution is -2.54. The van der Waals surface area contributed by atoms with E-state index in [0.29, 0.717) is 6.42 Å². The van der Waals surface area contributed by atoms with Gasteiger partial charge in [-0.15, -0.1) is 0 Å². The van der Waals surface area contributed by atoms with Gasteiger partial charge in [-0.05, 0) is 13.3 Å². The Kier molecular flexibility index (Phi) is 3.95. The molecule has 0 aromatic heterocycles. The minimum Gasteiger partial charge on any atom is -0.453 e. The largest absolute Gasteiger partial charge is 0.453 e. The number of carbonyl (C=O) groups is 1. The van der Waals surface area contributed by atoms with E-state index in [9.17, 15) is 4.79 Å². The van der Waals surface area contributed by atoms with Crippen LogP contribution in [0.5, 0.6) is 0 Å². The molecule has 0 aliphatic heterocycles. The molecular weight excluding hydrogens is 176 g/mol. The van der Waals surface area contributed by atoms with Crippen molar-refractivity contribution in [2.45, 2.75) is 25.8 Å². The van der Waals surface area contributed by atoms with Crippen molar-refractivity contribution in [3.05, 3.63) is 0 Å². The Bertz CT molecular complexity index is 196. The smallest absolute Gasteiger partial charge is 0.407 e. The first-order valence-electron chi connectivity index (χ1n) is 3.62. The summed E-state index contributed by atoms with van der Waals surface area (Å²) in [6.45, 7) is 3.64. The lowest BCUT2D eigenvalue weighted by Gasteiger charge is -2.27. The number of methoxy groups -OCH3 is 1. The normalized spacial score (nSPS) is 14.6. The Balaban J connectivity index is 4.34. The lowest BCUT2D eigenvalue weighted by atomic mass is 10.00. The maximum atomic E-state index is 10.8. The fourth-order valence-corrected chi connectivity index (χ4v) is 0.796. The van der Waals surface area contributed by atoms with Crippen molar-refractivity contribution in [1.82, 2.24) is 5.32 Å². The number of hydrogen-bond acceptors (Lipinski definition) is 3. The summed E-state index contributed by atoms with van der Waals surface area (Å²) >= 11 is 4.80. The molecule has 12 heavy (non-hydrogen) atoms. The molecule has 0 saturated carbocycles. The van der Waals surface area contributed by atoms with Gasteiger partial charge in [-0.3, -0.25) is 0 Å². The van der Waals surface area contributed by atoms with E-state index in [1.807, 2.05) is 6.92 Å². The van der Waals surface area contributed by atoms with Gasteiger partial charge in [0.05, 0.1) is 17.6 Å². The number of carbonyl (C=O) groups excluding carboxylic acids is 1. The zero-order valence-corrected chi connectivity index (χ0v) is 8.33. The number of ether oxygens (including phenoxy) is 1. The zero-order valence-electron chi connectivity index (χ0n) is 7.51. The maximum absolute atomic E-state index is 10.8. The highest BCUT2D eigenvalue weighted by atomic mass is 32.1. The van der Waals surface area contributed by atoms with Crippen LogP contribution in [0.15, 0.2) is 0 Å². The van der Waals surface area contributed by atoms with Crippen LogP contribution < -0.4 is 11.1 Å². The second-order valence-electron chi connectivity index (χ2n) is 2.67. The number of alkyl carbamates (subject to hydrolysis) is 1. The van der Waals surface area contributed by atoms with Gasteiger partial charge < -0.3 is 15.8 Å². The highest BCUT2D eigenvalue weighted by Crippen LogP contribution is 2.09. The third-order valence-electron chi connectivity index (χ3n) is 1.81. The molecule has 0 aromatic carbocycles. The Morgan fingerprint density at radius 2 is 2.25 bits per heavy atom. The van der Waals surface area contributed by atoms with Gasteiger partial charge in [0.15, 0.2) is 0 Å². The van der Waals surface area contributed by atoms with E-state index in [2.05, 4.69) is 10.1 Å². The van der Waals surface area contributed by atoms with Crippen molar-refractivity contribution in [2.75, 3.05) is 7.11 Å². The van der Waals surface area contributed by atoms with E-state index in [0.717, 1.165) is 0 Å². The Hall–Kier alpha value is -0.840. The fraction of sp³-hybridized carbons (Fsp3) is 0.714. The topological polar surface area (TPSA) is 64.3 Å². The van der Waals surface area contributed by atoms with Gasteiger partial charge in [-0.25, -0.2) is 4.79 Å². The first-order chi connectivity index (χ1) is 5.46. The quantitative estimate of drug-likeness (QED) is 0.646. The lowest BCUT2D eigenvalue weighted by molar-refractivity contribution is 0.163. The van der Waals surface area contributed by atoms with Gasteiger partial charge in [0, 0.05) is 0 Å². The molecule has 0 spiro atoms. The van der Waals surface area contributed by atoms with Gasteiger partial charge >= 0.3 is 6.09 Å². The van der Waals surface area contributed by atoms with Crippen LogP contribution in [0.2, 0.25) is 0 Å². The van der Waals surface area contributed by atoms with Crippen LogP contribution in [0, 0.1) is 0 Å². The Morgan fingerprint density at radius 1 is 1.75 bits per heavy atom. The molecule has 5 heteroatoms. The molecule has 0 aliphatic rings. The monoisotopic (exact) mass is 190 g/mol. The van der Waals surface area contributed by atoms with Gasteiger partial charge in [-0.1, -0.05) is 19.1 Å². The first kappa shape index (κ1) is 11.2. The minimum atomic E-state index is -0.650. The summed E-state index contributed by atoms with van der Waals surface area (Å²) < 4.78 is 4.43. The standard InChI is InChI=1S/C7H14N2O2S/c1-4-7(2,5(8)12)9-6(10)11-3/h4H2,1-3H3,(H2,8,12)(H,9,10). The molecule has 0 radical (unpaired) electrons. The summed E-state index contributed by atoms with van der Waals surface area (Å²) in [6, 6.07) is 0. The molecule has 0 rings (SSSR count). The first-order valence-corrected chi connectivity index (χ1v) is 4.03. The molecule has 3 N–H and O–H groups in total. The molecule has 0 bridgehead atoms. The van der Waals surface area contributed by atoms with Crippen molar-refractivity contribution < 1.29 is 9.53 Å². The molecule has 0 aromatic rings. The van der Waals surface area contributed by atoms with Crippen LogP contribution in [0.1, 0.15) is 20.3 Å². The predicted octanol–water partition coefficient (Wildman–Crippen LogP) is 0.797. The number of hydrogen-bond donors (Lipinski definition) is 2. The van der Waals surface area contributed by atoms with E-state index in [-0.39, 0.29) is 4.99 Å². The number of nitrogens with one attached hydrogen (secondary N) is 1. The van der Waals surface area contributed by atoms with Gasteiger partial charge in [0.2, 0.25) is 0 Å². The molecule has 70 valence electrons. The second-order valence-corrected chi connectivity index (χ2v) is 3.11. The highest BCUT2D eigenvalue weighted by Gasteiger charge is 2.27. The number of thiocarbonyl (C=S) groups is 1. The highest BCUT2D eigenvalue weighted by molar-refractivity contribution is 7.80. The molecule has 1 atom stereocenters. The van der Waals surface area contributed by atoms with Crippen LogP contribution in [0.4, 0.5) is 4.79 Å². The SMILES string of the molecule is CCC(C)(NC(=O)OC)C(N)=S. The minimum absolute atomic E-state index is 0.260. The molecular formula is C7H14N2O2S. The van der Waals surface area contributed by atoms with Gasteiger partial charge in [0.1, 0.15) is 0 Å². The van der Waals surface area contributed by atoms with Crippen molar-refractivity contribution in [3.8, 4) is 0 Å². The van der Waals surface area contributed by atoms with E-state index in [4.69, 9.17) is 18.0 Å². The third-order valence-corrected chi connectivity index (χ3v) is 2.26. The predicted molar refractivity (Wildman–Crippen MR) is 51.0 cm³/mol. The van der Waals surface area contributed by atoms with Crippen LogP contribution in [-0.2, 0) is 4.74 Å². The summed E-state index contributed by atoms with van der Waals surface area (Å²) in [5.41, 5.74) is 4.80. The van der Waals surface area contributed by atoms with E-state index < -0.39 is 11.6 Å². The van der Waals surface area contributed by atoms with Gasteiger partial charge in [0.25, 0.3) is 0 Å². The average Bonchev–Trinajstić information content (AvgIpc) is 2.03. The van der Waals surface area contributed by atoms with E-state index in [1.165, 1.54) is 7.11 Å². The summed E-state index contributed by atoms with van der Waals surface area (Å²) in [5, 5.41) is 2.56. The molecule has 1 unspecified atom stereocenters. The van der Waals surface area contributed by atoms with Crippen LogP contribution in [0.3, 0.4) is 0 Å². The molecule has 4 nitrogen and oxygen atoms in total. The average molecular weight is 190 g/mol. The summed E-state index contributed by atoms with van der Waals surface area (Å²) in [4.78, 5) is 11.1. The Labute approximate surface area is 77.5 Å². The number of amides is 1. The summed E-state index contributed by atoms with van der Waals surface area (Å²) in [5.74, 6) is 0. The molecule has 1 amide bonds. The molecule has 0 heterocycles. The number of nitrogens with two attached hydrogens (primary N) is 1. The fourth-order valence-electron chi connectivity index (χ4n) is 0.601. The molecule has 0 saturated heterocycles. The summed E-state index contributed by atoms with van der Waals surface area (Å²) in [6.07, 6.45) is 0.115. The molecule has 0 aliphatic carbocycles. The van der Waals surface area contributed by atoms with Crippen LogP contribution in [-0.4, -0.2) is 23.7 Å². The third kappa shape index (κ3) is 2.65. The van der Waals surface area contributed by atoms with Crippen molar-refractivity contribution >= 4 is 23.3 Å². The molecule has 0 fully saturated rings. The van der Waals surface area contributed by atoms with Crippen molar-refractivity contribution in [1.29, 1.82) is 0 Å². The maximum Gasteiger partial charge on any atom is 0.407 e.